The molecule has 106 valence electrons. The Labute approximate surface area is 119 Å². The lowest BCUT2D eigenvalue weighted by Crippen LogP contribution is -2.26. The lowest BCUT2D eigenvalue weighted by Gasteiger charge is -2.17. The van der Waals surface area contributed by atoms with E-state index in [1.165, 1.54) is 0 Å². The number of rotatable bonds is 4. The first kappa shape index (κ1) is 15.8. The van der Waals surface area contributed by atoms with Gasteiger partial charge in [0, 0.05) is 6.54 Å². The van der Waals surface area contributed by atoms with E-state index >= 15 is 0 Å². The van der Waals surface area contributed by atoms with Crippen LogP contribution in [0.5, 0.6) is 5.75 Å². The number of benzene rings is 1. The highest BCUT2D eigenvalue weighted by Crippen LogP contribution is 2.23. The summed E-state index contributed by atoms with van der Waals surface area (Å²) in [5.74, 6) is 0.379. The standard InChI is InChI=1S/C14H19NO3.ClH/c1-2-18-14(17)13-9-15-8-11(13)7-10-3-5-12(16)6-4-10;/h3-6,11,13,15-16H,2,7-9H2,1H3;1H/t11-,13+;/m1./s1. The van der Waals surface area contributed by atoms with Crippen LogP contribution in [0.25, 0.3) is 0 Å². The van der Waals surface area contributed by atoms with Crippen molar-refractivity contribution in [3.63, 3.8) is 0 Å². The summed E-state index contributed by atoms with van der Waals surface area (Å²) in [6.07, 6.45) is 0.830. The van der Waals surface area contributed by atoms with Gasteiger partial charge in [-0.15, -0.1) is 12.4 Å². The van der Waals surface area contributed by atoms with Crippen LogP contribution < -0.4 is 5.32 Å². The quantitative estimate of drug-likeness (QED) is 0.828. The summed E-state index contributed by atoms with van der Waals surface area (Å²) < 4.78 is 5.09. The van der Waals surface area contributed by atoms with E-state index in [9.17, 15) is 9.90 Å². The van der Waals surface area contributed by atoms with Gasteiger partial charge in [0.25, 0.3) is 0 Å². The second kappa shape index (κ2) is 7.36. The van der Waals surface area contributed by atoms with Crippen molar-refractivity contribution >= 4 is 18.4 Å². The molecule has 1 aliphatic heterocycles. The number of nitrogens with one attached hydrogen (secondary N) is 1. The average Bonchev–Trinajstić information content (AvgIpc) is 2.81. The first-order valence-corrected chi connectivity index (χ1v) is 6.36. The summed E-state index contributed by atoms with van der Waals surface area (Å²) in [6, 6.07) is 7.15. The Kier molecular flexibility index (Phi) is 6.12. The van der Waals surface area contributed by atoms with Gasteiger partial charge in [0.1, 0.15) is 5.75 Å². The molecule has 2 N–H and O–H groups in total. The molecule has 19 heavy (non-hydrogen) atoms. The predicted octanol–water partition coefficient (Wildman–Crippen LogP) is 1.76. The largest absolute Gasteiger partial charge is 0.508 e. The number of phenols is 1. The lowest BCUT2D eigenvalue weighted by atomic mass is 9.90. The zero-order valence-corrected chi connectivity index (χ0v) is 11.8. The molecule has 5 heteroatoms. The average molecular weight is 286 g/mol. The molecule has 4 nitrogen and oxygen atoms in total. The minimum atomic E-state index is -0.105. The third-order valence-corrected chi connectivity index (χ3v) is 3.36. The molecule has 0 radical (unpaired) electrons. The number of hydrogen-bond donors (Lipinski definition) is 2. The van der Waals surface area contributed by atoms with Gasteiger partial charge < -0.3 is 15.2 Å². The van der Waals surface area contributed by atoms with Crippen molar-refractivity contribution in [2.75, 3.05) is 19.7 Å². The summed E-state index contributed by atoms with van der Waals surface area (Å²) >= 11 is 0. The Morgan fingerprint density at radius 3 is 2.68 bits per heavy atom. The van der Waals surface area contributed by atoms with Crippen LogP contribution in [0.4, 0.5) is 0 Å². The first-order valence-electron chi connectivity index (χ1n) is 6.36. The van der Waals surface area contributed by atoms with Gasteiger partial charge in [0.2, 0.25) is 0 Å². The summed E-state index contributed by atoms with van der Waals surface area (Å²) in [6.45, 7) is 3.79. The molecule has 1 heterocycles. The Hall–Kier alpha value is -1.26. The molecule has 0 aliphatic carbocycles. The first-order chi connectivity index (χ1) is 8.70. The van der Waals surface area contributed by atoms with E-state index in [0.717, 1.165) is 18.5 Å². The highest BCUT2D eigenvalue weighted by atomic mass is 35.5. The number of ether oxygens (including phenoxy) is 1. The summed E-state index contributed by atoms with van der Waals surface area (Å²) in [5, 5.41) is 12.5. The number of carbonyl (C=O) groups excluding carboxylic acids is 1. The highest BCUT2D eigenvalue weighted by molar-refractivity contribution is 5.85. The number of phenolic OH excluding ortho intramolecular Hbond substituents is 1. The normalized spacial score (nSPS) is 21.7. The van der Waals surface area contributed by atoms with Crippen molar-refractivity contribution in [1.82, 2.24) is 5.32 Å². The molecule has 0 spiro atoms. The molecule has 2 atom stereocenters. The van der Waals surface area contributed by atoms with Crippen LogP contribution in [0, 0.1) is 11.8 Å². The van der Waals surface area contributed by atoms with Crippen LogP contribution >= 0.6 is 12.4 Å². The van der Waals surface area contributed by atoms with Crippen LogP contribution in [0.3, 0.4) is 0 Å². The minimum absolute atomic E-state index is 0. The van der Waals surface area contributed by atoms with Crippen molar-refractivity contribution in [2.45, 2.75) is 13.3 Å². The van der Waals surface area contributed by atoms with Gasteiger partial charge in [-0.1, -0.05) is 12.1 Å². The van der Waals surface area contributed by atoms with E-state index < -0.39 is 0 Å². The fourth-order valence-electron chi connectivity index (χ4n) is 2.41. The van der Waals surface area contributed by atoms with Gasteiger partial charge in [-0.05, 0) is 43.5 Å². The third-order valence-electron chi connectivity index (χ3n) is 3.36. The van der Waals surface area contributed by atoms with E-state index in [-0.39, 0.29) is 36.0 Å². The highest BCUT2D eigenvalue weighted by Gasteiger charge is 2.33. The van der Waals surface area contributed by atoms with Crippen molar-refractivity contribution in [2.24, 2.45) is 11.8 Å². The number of halogens is 1. The van der Waals surface area contributed by atoms with E-state index in [0.29, 0.717) is 13.2 Å². The van der Waals surface area contributed by atoms with Crippen LogP contribution in [0.15, 0.2) is 24.3 Å². The molecule has 0 amide bonds. The molecule has 1 aromatic rings. The molecule has 1 fully saturated rings. The molecule has 0 saturated carbocycles. The molecule has 0 aromatic heterocycles. The van der Waals surface area contributed by atoms with Gasteiger partial charge in [-0.25, -0.2) is 0 Å². The van der Waals surface area contributed by atoms with E-state index in [1.54, 1.807) is 12.1 Å². The molecule has 1 saturated heterocycles. The second-order valence-corrected chi connectivity index (χ2v) is 4.65. The van der Waals surface area contributed by atoms with Gasteiger partial charge in [-0.2, -0.15) is 0 Å². The molecule has 1 aliphatic rings. The van der Waals surface area contributed by atoms with E-state index in [1.807, 2.05) is 19.1 Å². The number of esters is 1. The third kappa shape index (κ3) is 4.11. The monoisotopic (exact) mass is 285 g/mol. The van der Waals surface area contributed by atoms with Crippen molar-refractivity contribution in [3.05, 3.63) is 29.8 Å². The topological polar surface area (TPSA) is 58.6 Å². The van der Waals surface area contributed by atoms with Crippen molar-refractivity contribution in [3.8, 4) is 5.75 Å². The van der Waals surface area contributed by atoms with Gasteiger partial charge in [-0.3, -0.25) is 4.79 Å². The number of aromatic hydroxyl groups is 1. The Morgan fingerprint density at radius 2 is 2.05 bits per heavy atom. The van der Waals surface area contributed by atoms with E-state index in [4.69, 9.17) is 4.74 Å². The SMILES string of the molecule is CCOC(=O)[C@H]1CNC[C@H]1Cc1ccc(O)cc1.Cl. The molecule has 0 unspecified atom stereocenters. The molecule has 2 rings (SSSR count). The van der Waals surface area contributed by atoms with Crippen LogP contribution in [0.2, 0.25) is 0 Å². The van der Waals surface area contributed by atoms with Gasteiger partial charge in [0.05, 0.1) is 12.5 Å². The molecular weight excluding hydrogens is 266 g/mol. The molecule has 1 aromatic carbocycles. The number of carbonyl (C=O) groups is 1. The van der Waals surface area contributed by atoms with Gasteiger partial charge in [0.15, 0.2) is 0 Å². The molecular formula is C14H20ClNO3. The Balaban J connectivity index is 0.00000180. The minimum Gasteiger partial charge on any atom is -0.508 e. The molecule has 0 bridgehead atoms. The van der Waals surface area contributed by atoms with E-state index in [2.05, 4.69) is 5.32 Å². The van der Waals surface area contributed by atoms with Crippen LogP contribution in [0.1, 0.15) is 12.5 Å². The summed E-state index contributed by atoms with van der Waals surface area (Å²) in [7, 11) is 0. The predicted molar refractivity (Wildman–Crippen MR) is 75.5 cm³/mol. The smallest absolute Gasteiger partial charge is 0.310 e. The van der Waals surface area contributed by atoms with Crippen LogP contribution in [-0.2, 0) is 16.0 Å². The maximum absolute atomic E-state index is 11.8. The Morgan fingerprint density at radius 1 is 1.37 bits per heavy atom. The second-order valence-electron chi connectivity index (χ2n) is 4.65. The van der Waals surface area contributed by atoms with Crippen molar-refractivity contribution in [1.29, 1.82) is 0 Å². The maximum atomic E-state index is 11.8. The fraction of sp³-hybridized carbons (Fsp3) is 0.500. The number of hydrogen-bond acceptors (Lipinski definition) is 4. The van der Waals surface area contributed by atoms with Crippen LogP contribution in [-0.4, -0.2) is 30.8 Å². The maximum Gasteiger partial charge on any atom is 0.310 e. The zero-order chi connectivity index (χ0) is 13.0. The van der Waals surface area contributed by atoms with Crippen molar-refractivity contribution < 1.29 is 14.6 Å². The summed E-state index contributed by atoms with van der Waals surface area (Å²) in [4.78, 5) is 11.8. The lowest BCUT2D eigenvalue weighted by molar-refractivity contribution is -0.148. The fourth-order valence-corrected chi connectivity index (χ4v) is 2.41. The Bertz CT molecular complexity index is 408. The summed E-state index contributed by atoms with van der Waals surface area (Å²) in [5.41, 5.74) is 1.13. The zero-order valence-electron chi connectivity index (χ0n) is 11.0. The van der Waals surface area contributed by atoms with Gasteiger partial charge >= 0.3 is 5.97 Å².